The number of carbonyl (C=O) groups is 1. The number of H-pyrrole nitrogens is 1. The van der Waals surface area contributed by atoms with Gasteiger partial charge in [-0.05, 0) is 43.3 Å². The van der Waals surface area contributed by atoms with E-state index in [9.17, 15) is 4.79 Å². The predicted octanol–water partition coefficient (Wildman–Crippen LogP) is 3.95. The van der Waals surface area contributed by atoms with Crippen molar-refractivity contribution < 1.29 is 9.21 Å². The lowest BCUT2D eigenvalue weighted by Crippen LogP contribution is -2.32. The molecular formula is C18H19N3O2S. The molecule has 0 bridgehead atoms. The summed E-state index contributed by atoms with van der Waals surface area (Å²) >= 11 is 1.60. The molecule has 1 aliphatic rings. The molecule has 1 atom stereocenters. The Hall–Kier alpha value is -2.34. The van der Waals surface area contributed by atoms with E-state index in [1.54, 1.807) is 11.3 Å². The summed E-state index contributed by atoms with van der Waals surface area (Å²) in [7, 11) is 0. The number of hydrogen-bond acceptors (Lipinski definition) is 4. The van der Waals surface area contributed by atoms with Crippen LogP contribution in [0.15, 0.2) is 39.6 Å². The second-order valence-electron chi connectivity index (χ2n) is 6.08. The molecular weight excluding hydrogens is 322 g/mol. The first-order valence-corrected chi connectivity index (χ1v) is 9.08. The maximum atomic E-state index is 12.8. The van der Waals surface area contributed by atoms with Gasteiger partial charge in [0.2, 0.25) is 11.8 Å². The normalized spacial score (nSPS) is 17.5. The van der Waals surface area contributed by atoms with E-state index in [1.165, 1.54) is 0 Å². The van der Waals surface area contributed by atoms with E-state index in [1.807, 2.05) is 47.0 Å². The number of aromatic amines is 1. The van der Waals surface area contributed by atoms with Gasteiger partial charge in [-0.2, -0.15) is 11.3 Å². The van der Waals surface area contributed by atoms with Crippen LogP contribution >= 0.6 is 11.3 Å². The first kappa shape index (κ1) is 15.2. The summed E-state index contributed by atoms with van der Waals surface area (Å²) in [4.78, 5) is 22.5. The lowest BCUT2D eigenvalue weighted by Gasteiger charge is -2.23. The molecule has 1 aliphatic heterocycles. The molecule has 3 aromatic heterocycles. The summed E-state index contributed by atoms with van der Waals surface area (Å²) in [5.74, 6) is 1.43. The first-order chi connectivity index (χ1) is 11.7. The van der Waals surface area contributed by atoms with Crippen LogP contribution in [0.3, 0.4) is 0 Å². The van der Waals surface area contributed by atoms with Gasteiger partial charge in [0.1, 0.15) is 5.76 Å². The van der Waals surface area contributed by atoms with E-state index in [-0.39, 0.29) is 18.4 Å². The van der Waals surface area contributed by atoms with Gasteiger partial charge in [0.15, 0.2) is 0 Å². The SMILES string of the molecule is Cc1oc(-c2ccsc2)nc1CC(=O)N1CCCC1c1ccc[nH]1. The minimum absolute atomic E-state index is 0.111. The van der Waals surface area contributed by atoms with Gasteiger partial charge in [0.05, 0.1) is 18.2 Å². The maximum absolute atomic E-state index is 12.8. The fourth-order valence-corrected chi connectivity index (χ4v) is 3.92. The van der Waals surface area contributed by atoms with Crippen molar-refractivity contribution in [2.24, 2.45) is 0 Å². The molecule has 0 aliphatic carbocycles. The summed E-state index contributed by atoms with van der Waals surface area (Å²) < 4.78 is 5.74. The van der Waals surface area contributed by atoms with E-state index in [0.717, 1.165) is 42.1 Å². The smallest absolute Gasteiger partial charge is 0.229 e. The van der Waals surface area contributed by atoms with Gasteiger partial charge in [0.25, 0.3) is 0 Å². The van der Waals surface area contributed by atoms with Gasteiger partial charge >= 0.3 is 0 Å². The highest BCUT2D eigenvalue weighted by Crippen LogP contribution is 2.32. The van der Waals surface area contributed by atoms with Crippen LogP contribution in [-0.4, -0.2) is 27.3 Å². The summed E-state index contributed by atoms with van der Waals surface area (Å²) in [6, 6.07) is 6.15. The Morgan fingerprint density at radius 1 is 1.50 bits per heavy atom. The third-order valence-electron chi connectivity index (χ3n) is 4.53. The van der Waals surface area contributed by atoms with E-state index >= 15 is 0 Å². The fraction of sp³-hybridized carbons (Fsp3) is 0.333. The Morgan fingerprint density at radius 3 is 3.17 bits per heavy atom. The van der Waals surface area contributed by atoms with Crippen LogP contribution in [0.5, 0.6) is 0 Å². The molecule has 0 spiro atoms. The largest absolute Gasteiger partial charge is 0.441 e. The monoisotopic (exact) mass is 341 g/mol. The Balaban J connectivity index is 1.52. The number of carbonyl (C=O) groups excluding carboxylic acids is 1. The molecule has 0 radical (unpaired) electrons. The number of nitrogens with one attached hydrogen (secondary N) is 1. The molecule has 1 unspecified atom stereocenters. The average Bonchev–Trinajstić information content (AvgIpc) is 3.36. The minimum atomic E-state index is 0.111. The summed E-state index contributed by atoms with van der Waals surface area (Å²) in [5.41, 5.74) is 2.81. The molecule has 4 heterocycles. The van der Waals surface area contributed by atoms with Gasteiger partial charge in [-0.3, -0.25) is 4.79 Å². The third kappa shape index (κ3) is 2.78. The van der Waals surface area contributed by atoms with Crippen LogP contribution in [-0.2, 0) is 11.2 Å². The van der Waals surface area contributed by atoms with E-state index in [4.69, 9.17) is 4.42 Å². The quantitative estimate of drug-likeness (QED) is 0.782. The second kappa shape index (κ2) is 6.28. The third-order valence-corrected chi connectivity index (χ3v) is 5.22. The lowest BCUT2D eigenvalue weighted by molar-refractivity contribution is -0.131. The highest BCUT2D eigenvalue weighted by molar-refractivity contribution is 7.08. The summed E-state index contributed by atoms with van der Waals surface area (Å²) in [5, 5.41) is 3.99. The Morgan fingerprint density at radius 2 is 2.42 bits per heavy atom. The molecule has 6 heteroatoms. The van der Waals surface area contributed by atoms with Crippen LogP contribution in [0.25, 0.3) is 11.5 Å². The van der Waals surface area contributed by atoms with Crippen LogP contribution in [0.4, 0.5) is 0 Å². The number of likely N-dealkylation sites (tertiary alicyclic amines) is 1. The number of amides is 1. The predicted molar refractivity (Wildman–Crippen MR) is 92.7 cm³/mol. The second-order valence-corrected chi connectivity index (χ2v) is 6.86. The Bertz CT molecular complexity index is 821. The molecule has 3 aromatic rings. The molecule has 0 aromatic carbocycles. The van der Waals surface area contributed by atoms with E-state index in [2.05, 4.69) is 9.97 Å². The highest BCUT2D eigenvalue weighted by atomic mass is 32.1. The van der Waals surface area contributed by atoms with Crippen molar-refractivity contribution in [3.8, 4) is 11.5 Å². The van der Waals surface area contributed by atoms with Gasteiger partial charge in [-0.25, -0.2) is 4.98 Å². The van der Waals surface area contributed by atoms with Crippen molar-refractivity contribution in [1.29, 1.82) is 0 Å². The standard InChI is InChI=1S/C18H19N3O2S/c1-12-15(20-18(23-12)13-6-9-24-11-13)10-17(22)21-8-3-5-16(21)14-4-2-7-19-14/h2,4,6-7,9,11,16,19H,3,5,8,10H2,1H3. The zero-order valence-electron chi connectivity index (χ0n) is 13.5. The van der Waals surface area contributed by atoms with Crippen molar-refractivity contribution in [2.75, 3.05) is 6.54 Å². The summed E-state index contributed by atoms with van der Waals surface area (Å²) in [6.07, 6.45) is 4.24. The highest BCUT2D eigenvalue weighted by Gasteiger charge is 2.31. The van der Waals surface area contributed by atoms with E-state index < -0.39 is 0 Å². The first-order valence-electron chi connectivity index (χ1n) is 8.14. The number of hydrogen-bond donors (Lipinski definition) is 1. The molecule has 1 fully saturated rings. The Labute approximate surface area is 144 Å². The number of aromatic nitrogens is 2. The molecule has 1 N–H and O–H groups in total. The van der Waals surface area contributed by atoms with Crippen molar-refractivity contribution in [3.63, 3.8) is 0 Å². The van der Waals surface area contributed by atoms with Crippen molar-refractivity contribution in [2.45, 2.75) is 32.2 Å². The van der Waals surface area contributed by atoms with Crippen molar-refractivity contribution >= 4 is 17.2 Å². The molecule has 24 heavy (non-hydrogen) atoms. The topological polar surface area (TPSA) is 62.1 Å². The molecule has 1 amide bonds. The fourth-order valence-electron chi connectivity index (χ4n) is 3.29. The maximum Gasteiger partial charge on any atom is 0.229 e. The number of thiophene rings is 1. The number of nitrogens with zero attached hydrogens (tertiary/aromatic N) is 2. The van der Waals surface area contributed by atoms with Crippen LogP contribution in [0.1, 0.15) is 36.0 Å². The summed E-state index contributed by atoms with van der Waals surface area (Å²) in [6.45, 7) is 2.68. The number of aryl methyl sites for hydroxylation is 1. The van der Waals surface area contributed by atoms with Gasteiger partial charge < -0.3 is 14.3 Å². The zero-order chi connectivity index (χ0) is 16.5. The molecule has 0 saturated carbocycles. The zero-order valence-corrected chi connectivity index (χ0v) is 14.3. The molecule has 124 valence electrons. The number of oxazole rings is 1. The van der Waals surface area contributed by atoms with Gasteiger partial charge in [-0.1, -0.05) is 0 Å². The van der Waals surface area contributed by atoms with Crippen LogP contribution < -0.4 is 0 Å². The van der Waals surface area contributed by atoms with Crippen molar-refractivity contribution in [1.82, 2.24) is 14.9 Å². The number of rotatable bonds is 4. The van der Waals surface area contributed by atoms with Crippen molar-refractivity contribution in [3.05, 3.63) is 52.3 Å². The van der Waals surface area contributed by atoms with E-state index in [0.29, 0.717) is 5.89 Å². The van der Waals surface area contributed by atoms with Crippen LogP contribution in [0.2, 0.25) is 0 Å². The molecule has 4 rings (SSSR count). The van der Waals surface area contributed by atoms with Gasteiger partial charge in [0, 0.05) is 29.4 Å². The molecule has 1 saturated heterocycles. The van der Waals surface area contributed by atoms with Gasteiger partial charge in [-0.15, -0.1) is 0 Å². The minimum Gasteiger partial charge on any atom is -0.441 e. The van der Waals surface area contributed by atoms with Crippen LogP contribution in [0, 0.1) is 6.92 Å². The lowest BCUT2D eigenvalue weighted by atomic mass is 10.1. The Kier molecular flexibility index (Phi) is 3.98. The average molecular weight is 341 g/mol. The molecule has 5 nitrogen and oxygen atoms in total.